The van der Waals surface area contributed by atoms with Gasteiger partial charge in [0.05, 0.1) is 17.2 Å². The number of fused-ring (bicyclic) bond motifs is 3. The third-order valence-electron chi connectivity index (χ3n) is 4.11. The van der Waals surface area contributed by atoms with E-state index in [-0.39, 0.29) is 17.6 Å². The molecule has 3 nitrogen and oxygen atoms in total. The Labute approximate surface area is 114 Å². The number of carbonyl (C=O) groups is 1. The molecule has 2 aliphatic rings. The standard InChI is InChI=1S/C14H15F3N2O/c1-2-10-12-8-4-3-5-9(14(15,16)17)11(8)13(20)19(12)7-6-18-10/h3-5,10,12,18H,2,6-7H2,1H3/t10-,12?/m1/s1. The summed E-state index contributed by atoms with van der Waals surface area (Å²) in [6.07, 6.45) is -3.73. The number of piperazine rings is 1. The minimum atomic E-state index is -4.50. The van der Waals surface area contributed by atoms with Crippen LogP contribution in [0.1, 0.15) is 40.9 Å². The zero-order chi connectivity index (χ0) is 14.5. The highest BCUT2D eigenvalue weighted by atomic mass is 19.4. The zero-order valence-corrected chi connectivity index (χ0v) is 11.0. The van der Waals surface area contributed by atoms with Gasteiger partial charge >= 0.3 is 6.18 Å². The van der Waals surface area contributed by atoms with E-state index in [0.29, 0.717) is 18.7 Å². The number of carbonyl (C=O) groups excluding carboxylic acids is 1. The second-order valence-electron chi connectivity index (χ2n) is 5.18. The van der Waals surface area contributed by atoms with Crippen LogP contribution in [0.25, 0.3) is 0 Å². The van der Waals surface area contributed by atoms with Crippen LogP contribution in [0.5, 0.6) is 0 Å². The van der Waals surface area contributed by atoms with Crippen LogP contribution < -0.4 is 5.32 Å². The Morgan fingerprint density at radius 3 is 2.80 bits per heavy atom. The van der Waals surface area contributed by atoms with Gasteiger partial charge in [0.25, 0.3) is 5.91 Å². The topological polar surface area (TPSA) is 32.3 Å². The molecule has 1 unspecified atom stereocenters. The van der Waals surface area contributed by atoms with Crippen LogP contribution in [-0.4, -0.2) is 29.9 Å². The van der Waals surface area contributed by atoms with E-state index in [9.17, 15) is 18.0 Å². The van der Waals surface area contributed by atoms with Crippen LogP contribution in [-0.2, 0) is 6.18 Å². The molecule has 108 valence electrons. The largest absolute Gasteiger partial charge is 0.417 e. The molecule has 0 aromatic heterocycles. The monoisotopic (exact) mass is 284 g/mol. The number of nitrogens with one attached hydrogen (secondary N) is 1. The lowest BCUT2D eigenvalue weighted by atomic mass is 9.93. The average molecular weight is 284 g/mol. The van der Waals surface area contributed by atoms with E-state index in [1.807, 2.05) is 6.92 Å². The van der Waals surface area contributed by atoms with Crippen molar-refractivity contribution in [3.05, 3.63) is 34.9 Å². The number of halogens is 3. The Kier molecular flexibility index (Phi) is 3.01. The average Bonchev–Trinajstić information content (AvgIpc) is 2.72. The van der Waals surface area contributed by atoms with Crippen molar-refractivity contribution < 1.29 is 18.0 Å². The summed E-state index contributed by atoms with van der Waals surface area (Å²) >= 11 is 0. The molecule has 2 atom stereocenters. The highest BCUT2D eigenvalue weighted by Crippen LogP contribution is 2.43. The Bertz CT molecular complexity index is 556. The summed E-state index contributed by atoms with van der Waals surface area (Å²) in [5.74, 6) is -0.488. The summed E-state index contributed by atoms with van der Waals surface area (Å²) in [4.78, 5) is 13.9. The van der Waals surface area contributed by atoms with Crippen molar-refractivity contribution in [2.45, 2.75) is 31.6 Å². The van der Waals surface area contributed by atoms with Crippen molar-refractivity contribution in [3.8, 4) is 0 Å². The predicted octanol–water partition coefficient (Wildman–Crippen LogP) is 2.58. The number of hydrogen-bond acceptors (Lipinski definition) is 2. The summed E-state index contributed by atoms with van der Waals surface area (Å²) in [5, 5.41) is 3.28. The first-order chi connectivity index (χ1) is 9.45. The van der Waals surface area contributed by atoms with Gasteiger partial charge in [-0.2, -0.15) is 13.2 Å². The van der Waals surface area contributed by atoms with Gasteiger partial charge in [0.1, 0.15) is 0 Å². The summed E-state index contributed by atoms with van der Waals surface area (Å²) in [6.45, 7) is 3.04. The summed E-state index contributed by atoms with van der Waals surface area (Å²) < 4.78 is 39.3. The number of alkyl halides is 3. The molecule has 0 bridgehead atoms. The molecule has 2 heterocycles. The van der Waals surface area contributed by atoms with Gasteiger partial charge in [-0.25, -0.2) is 0 Å². The lowest BCUT2D eigenvalue weighted by Crippen LogP contribution is -2.51. The molecule has 0 spiro atoms. The van der Waals surface area contributed by atoms with Gasteiger partial charge in [-0.05, 0) is 18.1 Å². The minimum Gasteiger partial charge on any atom is -0.329 e. The fraction of sp³-hybridized carbons (Fsp3) is 0.500. The molecule has 3 rings (SSSR count). The van der Waals surface area contributed by atoms with Gasteiger partial charge < -0.3 is 10.2 Å². The number of benzene rings is 1. The van der Waals surface area contributed by atoms with Gasteiger partial charge in [-0.1, -0.05) is 19.1 Å². The van der Waals surface area contributed by atoms with E-state index in [0.717, 1.165) is 12.5 Å². The maximum Gasteiger partial charge on any atom is 0.417 e. The number of hydrogen-bond donors (Lipinski definition) is 1. The molecule has 1 N–H and O–H groups in total. The molecule has 0 aliphatic carbocycles. The fourth-order valence-corrected chi connectivity index (χ4v) is 3.25. The van der Waals surface area contributed by atoms with E-state index >= 15 is 0 Å². The highest BCUT2D eigenvalue weighted by Gasteiger charge is 2.47. The summed E-state index contributed by atoms with van der Waals surface area (Å²) in [6, 6.07) is 3.75. The molecular formula is C14H15F3N2O. The first-order valence-corrected chi connectivity index (χ1v) is 6.69. The second-order valence-corrected chi connectivity index (χ2v) is 5.18. The molecule has 2 aliphatic heterocycles. The molecule has 1 fully saturated rings. The Morgan fingerprint density at radius 2 is 2.15 bits per heavy atom. The number of rotatable bonds is 1. The molecule has 1 amide bonds. The maximum atomic E-state index is 13.1. The quantitative estimate of drug-likeness (QED) is 0.859. The van der Waals surface area contributed by atoms with E-state index in [1.54, 1.807) is 11.0 Å². The minimum absolute atomic E-state index is 0.0115. The van der Waals surface area contributed by atoms with Crippen LogP contribution in [0.3, 0.4) is 0 Å². The van der Waals surface area contributed by atoms with Crippen molar-refractivity contribution in [1.82, 2.24) is 10.2 Å². The van der Waals surface area contributed by atoms with Crippen LogP contribution in [0.15, 0.2) is 18.2 Å². The van der Waals surface area contributed by atoms with Crippen molar-refractivity contribution in [2.24, 2.45) is 0 Å². The molecule has 1 aromatic carbocycles. The first kappa shape index (κ1) is 13.4. The van der Waals surface area contributed by atoms with Gasteiger partial charge in [0.15, 0.2) is 0 Å². The van der Waals surface area contributed by atoms with Gasteiger partial charge in [0.2, 0.25) is 0 Å². The molecule has 6 heteroatoms. The maximum absolute atomic E-state index is 13.1. The van der Waals surface area contributed by atoms with Gasteiger partial charge in [0, 0.05) is 19.1 Å². The molecular weight excluding hydrogens is 269 g/mol. The highest BCUT2D eigenvalue weighted by molar-refractivity contribution is 6.01. The van der Waals surface area contributed by atoms with E-state index in [4.69, 9.17) is 0 Å². The summed E-state index contributed by atoms with van der Waals surface area (Å²) in [5.41, 5.74) is -0.472. The summed E-state index contributed by atoms with van der Waals surface area (Å²) in [7, 11) is 0. The number of nitrogens with zero attached hydrogens (tertiary/aromatic N) is 1. The molecule has 0 saturated carbocycles. The van der Waals surface area contributed by atoms with E-state index < -0.39 is 17.6 Å². The molecule has 20 heavy (non-hydrogen) atoms. The smallest absolute Gasteiger partial charge is 0.329 e. The lowest BCUT2D eigenvalue weighted by Gasteiger charge is -2.37. The number of amides is 1. The van der Waals surface area contributed by atoms with Crippen molar-refractivity contribution in [3.63, 3.8) is 0 Å². The normalized spacial score (nSPS) is 25.6. The molecule has 1 aromatic rings. The van der Waals surface area contributed by atoms with Crippen LogP contribution in [0, 0.1) is 0 Å². The SMILES string of the molecule is CC[C@H]1NCCN2C(=O)c3c(cccc3C(F)(F)F)C12. The fourth-order valence-electron chi connectivity index (χ4n) is 3.25. The van der Waals surface area contributed by atoms with E-state index in [1.165, 1.54) is 6.07 Å². The Balaban J connectivity index is 2.16. The third-order valence-corrected chi connectivity index (χ3v) is 4.11. The third kappa shape index (κ3) is 1.82. The Morgan fingerprint density at radius 1 is 1.40 bits per heavy atom. The van der Waals surface area contributed by atoms with Crippen LogP contribution in [0.4, 0.5) is 13.2 Å². The predicted molar refractivity (Wildman–Crippen MR) is 67.3 cm³/mol. The van der Waals surface area contributed by atoms with Crippen LogP contribution in [0.2, 0.25) is 0 Å². The van der Waals surface area contributed by atoms with Gasteiger partial charge in [-0.15, -0.1) is 0 Å². The Hall–Kier alpha value is -1.56. The lowest BCUT2D eigenvalue weighted by molar-refractivity contribution is -0.137. The molecule has 1 saturated heterocycles. The second kappa shape index (κ2) is 4.48. The van der Waals surface area contributed by atoms with Crippen molar-refractivity contribution >= 4 is 5.91 Å². The van der Waals surface area contributed by atoms with E-state index in [2.05, 4.69) is 5.32 Å². The van der Waals surface area contributed by atoms with Crippen LogP contribution >= 0.6 is 0 Å². The van der Waals surface area contributed by atoms with Gasteiger partial charge in [-0.3, -0.25) is 4.79 Å². The molecule has 0 radical (unpaired) electrons. The van der Waals surface area contributed by atoms with Crippen molar-refractivity contribution in [2.75, 3.05) is 13.1 Å². The first-order valence-electron chi connectivity index (χ1n) is 6.69. The van der Waals surface area contributed by atoms with Crippen molar-refractivity contribution in [1.29, 1.82) is 0 Å². The zero-order valence-electron chi connectivity index (χ0n) is 11.0.